The van der Waals surface area contributed by atoms with Gasteiger partial charge in [-0.05, 0) is 25.5 Å². The topological polar surface area (TPSA) is 141 Å². The van der Waals surface area contributed by atoms with Crippen LogP contribution in [-0.4, -0.2) is 96.9 Å². The Morgan fingerprint density at radius 2 is 1.90 bits per heavy atom. The molecule has 0 atom stereocenters. The minimum absolute atomic E-state index is 0.0132. The molecule has 0 unspecified atom stereocenters. The van der Waals surface area contributed by atoms with Crippen LogP contribution in [0.1, 0.15) is 41.9 Å². The lowest BCUT2D eigenvalue weighted by molar-refractivity contribution is -0.135. The van der Waals surface area contributed by atoms with E-state index in [-0.39, 0.29) is 18.3 Å². The van der Waals surface area contributed by atoms with Crippen molar-refractivity contribution in [3.63, 3.8) is 0 Å². The van der Waals surface area contributed by atoms with Crippen molar-refractivity contribution in [3.8, 4) is 11.3 Å². The van der Waals surface area contributed by atoms with Crippen molar-refractivity contribution in [3.05, 3.63) is 58.5 Å². The first kappa shape index (κ1) is 28.5. The van der Waals surface area contributed by atoms with Gasteiger partial charge in [-0.1, -0.05) is 30.7 Å². The number of carbonyl (C=O) groups excluding carboxylic acids is 3. The Kier molecular flexibility index (Phi) is 9.12. The molecule has 0 spiro atoms. The molecule has 0 saturated carbocycles. The van der Waals surface area contributed by atoms with E-state index >= 15 is 0 Å². The minimum atomic E-state index is -0.408. The second kappa shape index (κ2) is 13.1. The van der Waals surface area contributed by atoms with Crippen LogP contribution in [0.3, 0.4) is 0 Å². The Balaban J connectivity index is 1.24. The predicted molar refractivity (Wildman–Crippen MR) is 153 cm³/mol. The molecule has 41 heavy (non-hydrogen) atoms. The molecule has 2 fully saturated rings. The number of nitrogens with zero attached hydrogens (tertiary/aromatic N) is 3. The highest BCUT2D eigenvalue weighted by Crippen LogP contribution is 2.40. The van der Waals surface area contributed by atoms with Crippen LogP contribution in [-0.2, 0) is 20.7 Å². The number of rotatable bonds is 9. The number of ketones is 1. The molecule has 5 rings (SSSR count). The molecule has 3 aliphatic rings. The van der Waals surface area contributed by atoms with Gasteiger partial charge in [0.15, 0.2) is 12.4 Å². The van der Waals surface area contributed by atoms with Crippen LogP contribution in [0.4, 0.5) is 10.5 Å². The summed E-state index contributed by atoms with van der Waals surface area (Å²) >= 11 is 0. The summed E-state index contributed by atoms with van der Waals surface area (Å²) < 4.78 is 11.0. The van der Waals surface area contributed by atoms with E-state index in [2.05, 4.69) is 26.3 Å². The van der Waals surface area contributed by atoms with Crippen LogP contribution in [0, 0.1) is 0 Å². The molecule has 12 heteroatoms. The number of H-pyrrole nitrogens is 1. The first-order chi connectivity index (χ1) is 19.9. The maximum Gasteiger partial charge on any atom is 0.333 e. The maximum absolute atomic E-state index is 13.6. The number of hydrogen-bond donors (Lipinski definition) is 4. The molecule has 0 radical (unpaired) electrons. The lowest BCUT2D eigenvalue weighted by Gasteiger charge is -2.27. The third-order valence-electron chi connectivity index (χ3n) is 7.44. The number of urea groups is 1. The highest BCUT2D eigenvalue weighted by molar-refractivity contribution is 6.25. The number of benzene rings is 1. The number of carbonyl (C=O) groups is 3. The van der Waals surface area contributed by atoms with E-state index in [1.54, 1.807) is 17.1 Å². The van der Waals surface area contributed by atoms with Crippen molar-refractivity contribution in [1.82, 2.24) is 30.8 Å². The van der Waals surface area contributed by atoms with Gasteiger partial charge in [-0.3, -0.25) is 20.1 Å². The summed E-state index contributed by atoms with van der Waals surface area (Å²) in [6.07, 6.45) is 5.08. The van der Waals surface area contributed by atoms with E-state index in [4.69, 9.17) is 9.47 Å². The number of piperazine rings is 1. The Bertz CT molecular complexity index is 1350. The lowest BCUT2D eigenvalue weighted by Crippen LogP contribution is -2.49. The van der Waals surface area contributed by atoms with Crippen molar-refractivity contribution in [2.75, 3.05) is 64.4 Å². The molecule has 3 amide bonds. The van der Waals surface area contributed by atoms with Gasteiger partial charge < -0.3 is 25.0 Å². The number of amides is 3. The molecule has 4 N–H and O–H groups in total. The van der Waals surface area contributed by atoms with Gasteiger partial charge in [0.25, 0.3) is 5.91 Å². The molecule has 1 aromatic heterocycles. The van der Waals surface area contributed by atoms with E-state index in [1.807, 2.05) is 37.0 Å². The predicted octanol–water partition coefficient (Wildman–Crippen LogP) is 2.22. The summed E-state index contributed by atoms with van der Waals surface area (Å²) in [7, 11) is 0. The van der Waals surface area contributed by atoms with E-state index in [9.17, 15) is 14.4 Å². The van der Waals surface area contributed by atoms with E-state index < -0.39 is 6.03 Å². The molecule has 0 bridgehead atoms. The zero-order chi connectivity index (χ0) is 28.8. The highest BCUT2D eigenvalue weighted by Gasteiger charge is 2.35. The third-order valence-corrected chi connectivity index (χ3v) is 7.44. The molecule has 12 nitrogen and oxygen atoms in total. The standard InChI is InChI=1S/C29H37N7O5/c1-3-20(8-7-19(2)41-18-24(37)35-11-9-30-10-12-35)17-23-26-27(33-32-23)21-5-4-6-22(25(21)28(26)38)31-29(39)34-36-13-15-40-16-14-36/h4-8,30H,3,9-18H2,1-2H3,(H,32,33)(H2,31,34,39)/b19-7+,20-8+. The number of fused-ring (bicyclic) bond motifs is 3. The molecular formula is C29H37N7O5. The second-order valence-electron chi connectivity index (χ2n) is 10.2. The van der Waals surface area contributed by atoms with Crippen LogP contribution in [0.2, 0.25) is 0 Å². The largest absolute Gasteiger partial charge is 0.488 e. The monoisotopic (exact) mass is 563 g/mol. The van der Waals surface area contributed by atoms with Crippen molar-refractivity contribution < 1.29 is 23.9 Å². The van der Waals surface area contributed by atoms with E-state index in [1.165, 1.54) is 0 Å². The van der Waals surface area contributed by atoms with Crippen LogP contribution in [0.5, 0.6) is 0 Å². The first-order valence-electron chi connectivity index (χ1n) is 14.1. The number of allylic oxidation sites excluding steroid dienone is 4. The average Bonchev–Trinajstić information content (AvgIpc) is 3.54. The molecule has 218 valence electrons. The molecule has 2 aromatic rings. The normalized spacial score (nSPS) is 17.7. The first-order valence-corrected chi connectivity index (χ1v) is 14.1. The number of hydrogen-bond acceptors (Lipinski definition) is 8. The van der Waals surface area contributed by atoms with Crippen molar-refractivity contribution >= 4 is 23.4 Å². The fraction of sp³-hybridized carbons (Fsp3) is 0.448. The Morgan fingerprint density at radius 1 is 1.12 bits per heavy atom. The fourth-order valence-electron chi connectivity index (χ4n) is 5.13. The second-order valence-corrected chi connectivity index (χ2v) is 10.2. The number of morpholine rings is 1. The van der Waals surface area contributed by atoms with Gasteiger partial charge in [-0.2, -0.15) is 5.10 Å². The highest BCUT2D eigenvalue weighted by atomic mass is 16.5. The lowest BCUT2D eigenvalue weighted by atomic mass is 10.0. The number of nitrogens with one attached hydrogen (secondary N) is 4. The zero-order valence-electron chi connectivity index (χ0n) is 23.5. The SMILES string of the molecule is CC/C(=C\C=C(/C)OCC(=O)N1CCNCC1)Cc1[nH]nc2c1C(=O)c1c(NC(=O)NN3CCOCC3)cccc1-2. The Labute approximate surface area is 239 Å². The summed E-state index contributed by atoms with van der Waals surface area (Å²) in [6.45, 7) is 9.18. The number of aromatic nitrogens is 2. The van der Waals surface area contributed by atoms with Gasteiger partial charge in [0.1, 0.15) is 5.69 Å². The minimum Gasteiger partial charge on any atom is -0.488 e. The van der Waals surface area contributed by atoms with Crippen LogP contribution >= 0.6 is 0 Å². The summed E-state index contributed by atoms with van der Waals surface area (Å²) in [6, 6.07) is 4.96. The van der Waals surface area contributed by atoms with Gasteiger partial charge in [0, 0.05) is 51.3 Å². The molecular weight excluding hydrogens is 526 g/mol. The summed E-state index contributed by atoms with van der Waals surface area (Å²) in [5.74, 6) is 0.458. The van der Waals surface area contributed by atoms with Gasteiger partial charge in [0.05, 0.1) is 41.5 Å². The number of aromatic amines is 1. The molecule has 2 aliphatic heterocycles. The van der Waals surface area contributed by atoms with Crippen LogP contribution < -0.4 is 16.1 Å². The third kappa shape index (κ3) is 6.67. The zero-order valence-corrected chi connectivity index (χ0v) is 23.5. The van der Waals surface area contributed by atoms with Gasteiger partial charge in [0.2, 0.25) is 0 Å². The number of hydrazine groups is 1. The van der Waals surface area contributed by atoms with Gasteiger partial charge in [-0.25, -0.2) is 9.80 Å². The van der Waals surface area contributed by atoms with E-state index in [0.717, 1.165) is 30.8 Å². The molecule has 2 saturated heterocycles. The van der Waals surface area contributed by atoms with Crippen molar-refractivity contribution in [2.45, 2.75) is 26.7 Å². The Hall–Kier alpha value is -4.00. The molecule has 1 aromatic carbocycles. The smallest absolute Gasteiger partial charge is 0.333 e. The van der Waals surface area contributed by atoms with Crippen LogP contribution in [0.25, 0.3) is 11.3 Å². The van der Waals surface area contributed by atoms with Gasteiger partial charge in [-0.15, -0.1) is 0 Å². The van der Waals surface area contributed by atoms with Crippen molar-refractivity contribution in [2.24, 2.45) is 0 Å². The average molecular weight is 564 g/mol. The summed E-state index contributed by atoms with van der Waals surface area (Å²) in [5, 5.41) is 15.4. The summed E-state index contributed by atoms with van der Waals surface area (Å²) in [5.41, 5.74) is 7.30. The maximum atomic E-state index is 13.6. The fourth-order valence-corrected chi connectivity index (χ4v) is 5.13. The summed E-state index contributed by atoms with van der Waals surface area (Å²) in [4.78, 5) is 40.5. The van der Waals surface area contributed by atoms with Crippen LogP contribution in [0.15, 0.2) is 41.7 Å². The Morgan fingerprint density at radius 3 is 2.66 bits per heavy atom. The molecule has 1 aliphatic carbocycles. The molecule has 3 heterocycles. The number of ether oxygens (including phenoxy) is 2. The van der Waals surface area contributed by atoms with E-state index in [0.29, 0.717) is 79.6 Å². The van der Waals surface area contributed by atoms with Crippen molar-refractivity contribution in [1.29, 1.82) is 0 Å². The number of anilines is 1. The quantitative estimate of drug-likeness (QED) is 0.230. The van der Waals surface area contributed by atoms with Gasteiger partial charge >= 0.3 is 6.03 Å².